The molecule has 1 aromatic carbocycles. The van der Waals surface area contributed by atoms with Crippen molar-refractivity contribution in [3.05, 3.63) is 41.8 Å². The first-order chi connectivity index (χ1) is 13.3. The van der Waals surface area contributed by atoms with Gasteiger partial charge in [-0.3, -0.25) is 0 Å². The van der Waals surface area contributed by atoms with E-state index in [0.29, 0.717) is 0 Å². The van der Waals surface area contributed by atoms with Gasteiger partial charge in [0, 0.05) is 37.1 Å². The highest BCUT2D eigenvalue weighted by Gasteiger charge is 2.29. The lowest BCUT2D eigenvalue weighted by Gasteiger charge is -2.36. The molecule has 28 heavy (non-hydrogen) atoms. The van der Waals surface area contributed by atoms with Crippen molar-refractivity contribution in [1.29, 1.82) is 0 Å². The average molecular weight is 421 g/mol. The highest BCUT2D eigenvalue weighted by Crippen LogP contribution is 2.38. The minimum Gasteiger partial charge on any atom is -0.356 e. The smallest absolute Gasteiger partial charge is 0.211 e. The summed E-state index contributed by atoms with van der Waals surface area (Å²) < 4.78 is 38.4. The van der Waals surface area contributed by atoms with E-state index in [2.05, 4.69) is 14.9 Å². The first-order valence-electron chi connectivity index (χ1n) is 9.00. The number of sulfonamides is 1. The summed E-state index contributed by atoms with van der Waals surface area (Å²) in [6.45, 7) is 1.44. The Balaban J connectivity index is 1.65. The average Bonchev–Trinajstić information content (AvgIpc) is 3.12. The van der Waals surface area contributed by atoms with Crippen LogP contribution in [0.3, 0.4) is 0 Å². The summed E-state index contributed by atoms with van der Waals surface area (Å²) in [5, 5.41) is 2.99. The number of halogens is 1. The fourth-order valence-electron chi connectivity index (χ4n) is 3.65. The SMILES string of the molecule is CN(C1CCN(c2ncnc3scc(-c4ccc(F)cc4)c23)CC1)S(C)(=O)=O. The molecule has 3 aromatic rings. The number of fused-ring (bicyclic) bond motifs is 1. The summed E-state index contributed by atoms with van der Waals surface area (Å²) >= 11 is 1.54. The number of nitrogens with zero attached hydrogens (tertiary/aromatic N) is 4. The summed E-state index contributed by atoms with van der Waals surface area (Å²) in [6, 6.07) is 6.44. The molecule has 0 aliphatic carbocycles. The van der Waals surface area contributed by atoms with Crippen molar-refractivity contribution in [1.82, 2.24) is 14.3 Å². The van der Waals surface area contributed by atoms with Gasteiger partial charge in [0.2, 0.25) is 10.0 Å². The molecule has 3 heterocycles. The monoisotopic (exact) mass is 420 g/mol. The Morgan fingerprint density at radius 2 is 1.86 bits per heavy atom. The zero-order valence-corrected chi connectivity index (χ0v) is 17.3. The Kier molecular flexibility index (Phi) is 5.07. The number of hydrogen-bond donors (Lipinski definition) is 0. The lowest BCUT2D eigenvalue weighted by molar-refractivity contribution is 0.313. The number of anilines is 1. The number of aromatic nitrogens is 2. The number of benzene rings is 1. The number of thiophene rings is 1. The zero-order valence-electron chi connectivity index (χ0n) is 15.7. The minimum atomic E-state index is -3.20. The number of hydrogen-bond acceptors (Lipinski definition) is 6. The topological polar surface area (TPSA) is 66.4 Å². The Morgan fingerprint density at radius 1 is 1.18 bits per heavy atom. The molecule has 0 saturated carbocycles. The lowest BCUT2D eigenvalue weighted by Crippen LogP contribution is -2.45. The Morgan fingerprint density at radius 3 is 2.50 bits per heavy atom. The molecule has 0 N–H and O–H groups in total. The van der Waals surface area contributed by atoms with Crippen LogP contribution in [0.2, 0.25) is 0 Å². The highest BCUT2D eigenvalue weighted by atomic mass is 32.2. The molecule has 0 atom stereocenters. The molecular formula is C19H21FN4O2S2. The van der Waals surface area contributed by atoms with Crippen LogP contribution in [0.15, 0.2) is 36.0 Å². The van der Waals surface area contributed by atoms with E-state index in [9.17, 15) is 12.8 Å². The Labute approximate surface area is 167 Å². The van der Waals surface area contributed by atoms with Crippen LogP contribution in [0, 0.1) is 5.82 Å². The van der Waals surface area contributed by atoms with E-state index in [4.69, 9.17) is 0 Å². The van der Waals surface area contributed by atoms with Gasteiger partial charge < -0.3 is 4.90 Å². The summed E-state index contributed by atoms with van der Waals surface area (Å²) in [6.07, 6.45) is 4.29. The molecule has 1 fully saturated rings. The molecule has 1 aliphatic heterocycles. The second kappa shape index (κ2) is 7.38. The van der Waals surface area contributed by atoms with E-state index >= 15 is 0 Å². The van der Waals surface area contributed by atoms with Gasteiger partial charge in [-0.05, 0) is 30.5 Å². The standard InChI is InChI=1S/C19H21FN4O2S2/c1-23(28(2,25)26)15-7-9-24(10-8-15)18-17-16(11-27-19(17)22-12-21-18)13-3-5-14(20)6-4-13/h3-6,11-12,15H,7-10H2,1-2H3. The first-order valence-corrected chi connectivity index (χ1v) is 11.7. The van der Waals surface area contributed by atoms with Crippen molar-refractivity contribution < 1.29 is 12.8 Å². The van der Waals surface area contributed by atoms with Crippen molar-refractivity contribution >= 4 is 37.4 Å². The van der Waals surface area contributed by atoms with Crippen LogP contribution in [0.4, 0.5) is 10.2 Å². The van der Waals surface area contributed by atoms with Crippen LogP contribution in [-0.2, 0) is 10.0 Å². The van der Waals surface area contributed by atoms with Gasteiger partial charge in [0.05, 0.1) is 11.6 Å². The van der Waals surface area contributed by atoms with Gasteiger partial charge in [0.1, 0.15) is 22.8 Å². The van der Waals surface area contributed by atoms with Crippen LogP contribution < -0.4 is 4.90 Å². The molecule has 1 aliphatic rings. The highest BCUT2D eigenvalue weighted by molar-refractivity contribution is 7.88. The van der Waals surface area contributed by atoms with Crippen molar-refractivity contribution in [2.24, 2.45) is 0 Å². The third kappa shape index (κ3) is 3.61. The van der Waals surface area contributed by atoms with E-state index in [1.807, 2.05) is 5.38 Å². The van der Waals surface area contributed by atoms with Crippen LogP contribution >= 0.6 is 11.3 Å². The molecule has 0 spiro atoms. The third-order valence-electron chi connectivity index (χ3n) is 5.31. The van der Waals surface area contributed by atoms with Crippen molar-refractivity contribution in [3.63, 3.8) is 0 Å². The van der Waals surface area contributed by atoms with Gasteiger partial charge in [-0.15, -0.1) is 11.3 Å². The van der Waals surface area contributed by atoms with Crippen molar-refractivity contribution in [3.8, 4) is 11.1 Å². The largest absolute Gasteiger partial charge is 0.356 e. The molecule has 0 unspecified atom stereocenters. The maximum Gasteiger partial charge on any atom is 0.211 e. The normalized spacial score (nSPS) is 16.2. The summed E-state index contributed by atoms with van der Waals surface area (Å²) in [4.78, 5) is 12.0. The molecule has 4 rings (SSSR count). The second-order valence-corrected chi connectivity index (χ2v) is 9.93. The van der Waals surface area contributed by atoms with Crippen LogP contribution in [0.1, 0.15) is 12.8 Å². The molecular weight excluding hydrogens is 399 g/mol. The van der Waals surface area contributed by atoms with Gasteiger partial charge in [0.25, 0.3) is 0 Å². The van der Waals surface area contributed by atoms with Gasteiger partial charge in [-0.25, -0.2) is 27.1 Å². The predicted molar refractivity (Wildman–Crippen MR) is 111 cm³/mol. The van der Waals surface area contributed by atoms with E-state index in [1.54, 1.807) is 36.8 Å². The van der Waals surface area contributed by atoms with E-state index in [1.165, 1.54) is 22.7 Å². The summed E-state index contributed by atoms with van der Waals surface area (Å²) in [7, 11) is -1.55. The molecule has 0 amide bonds. The van der Waals surface area contributed by atoms with Gasteiger partial charge in [0.15, 0.2) is 0 Å². The molecule has 148 valence electrons. The number of piperidine rings is 1. The fraction of sp³-hybridized carbons (Fsp3) is 0.368. The van der Waals surface area contributed by atoms with Gasteiger partial charge >= 0.3 is 0 Å². The Hall–Kier alpha value is -2.10. The summed E-state index contributed by atoms with van der Waals surface area (Å²) in [5.41, 5.74) is 1.92. The molecule has 0 bridgehead atoms. The van der Waals surface area contributed by atoms with Crippen molar-refractivity contribution in [2.75, 3.05) is 31.3 Å². The Bertz CT molecular complexity index is 1090. The van der Waals surface area contributed by atoms with Crippen LogP contribution in [0.5, 0.6) is 0 Å². The minimum absolute atomic E-state index is 0.00243. The summed E-state index contributed by atoms with van der Waals surface area (Å²) in [5.74, 6) is 0.586. The third-order valence-corrected chi connectivity index (χ3v) is 7.54. The molecule has 2 aromatic heterocycles. The van der Waals surface area contributed by atoms with E-state index in [-0.39, 0.29) is 11.9 Å². The molecule has 1 saturated heterocycles. The fourth-order valence-corrected chi connectivity index (χ4v) is 5.32. The van der Waals surface area contributed by atoms with Crippen LogP contribution in [-0.4, -0.2) is 55.1 Å². The number of rotatable bonds is 4. The van der Waals surface area contributed by atoms with Crippen molar-refractivity contribution in [2.45, 2.75) is 18.9 Å². The van der Waals surface area contributed by atoms with E-state index in [0.717, 1.165) is 53.1 Å². The molecule has 0 radical (unpaired) electrons. The molecule has 9 heteroatoms. The maximum atomic E-state index is 13.3. The van der Waals surface area contributed by atoms with Gasteiger partial charge in [-0.1, -0.05) is 12.1 Å². The first kappa shape index (κ1) is 19.2. The molecule has 6 nitrogen and oxygen atoms in total. The van der Waals surface area contributed by atoms with Crippen LogP contribution in [0.25, 0.3) is 21.3 Å². The lowest BCUT2D eigenvalue weighted by atomic mass is 10.0. The van der Waals surface area contributed by atoms with Gasteiger partial charge in [-0.2, -0.15) is 0 Å². The second-order valence-electron chi connectivity index (χ2n) is 7.03. The predicted octanol–water partition coefficient (Wildman–Crippen LogP) is 3.36. The quantitative estimate of drug-likeness (QED) is 0.648. The van der Waals surface area contributed by atoms with E-state index < -0.39 is 10.0 Å². The zero-order chi connectivity index (χ0) is 19.9. The maximum absolute atomic E-state index is 13.3.